The van der Waals surface area contributed by atoms with Crippen LogP contribution in [0.25, 0.3) is 0 Å². The van der Waals surface area contributed by atoms with Gasteiger partial charge in [0.25, 0.3) is 0 Å². The molecule has 0 aliphatic carbocycles. The summed E-state index contributed by atoms with van der Waals surface area (Å²) >= 11 is 2.04. The fraction of sp³-hybridized carbons (Fsp3) is 0.769. The van der Waals surface area contributed by atoms with Gasteiger partial charge in [-0.15, -0.1) is 0 Å². The van der Waals surface area contributed by atoms with Crippen LogP contribution in [0.4, 0.5) is 5.82 Å². The lowest BCUT2D eigenvalue weighted by Crippen LogP contribution is -2.12. The van der Waals surface area contributed by atoms with E-state index in [2.05, 4.69) is 18.4 Å². The number of thioether (sulfide) groups is 1. The second-order valence-corrected chi connectivity index (χ2v) is 5.87. The number of aromatic nitrogens is 2. The number of rotatable bonds is 4. The Morgan fingerprint density at radius 1 is 1.47 bits per heavy atom. The molecule has 0 bridgehead atoms. The fourth-order valence-electron chi connectivity index (χ4n) is 2.53. The zero-order valence-corrected chi connectivity index (χ0v) is 11.7. The maximum absolute atomic E-state index is 6.29. The van der Waals surface area contributed by atoms with E-state index < -0.39 is 0 Å². The molecule has 0 radical (unpaired) electrons. The van der Waals surface area contributed by atoms with Crippen LogP contribution in [-0.2, 0) is 13.0 Å². The Bertz CT molecular complexity index is 367. The van der Waals surface area contributed by atoms with Gasteiger partial charge >= 0.3 is 0 Å². The van der Waals surface area contributed by atoms with Crippen molar-refractivity contribution >= 4 is 17.6 Å². The van der Waals surface area contributed by atoms with Gasteiger partial charge in [-0.05, 0) is 25.0 Å². The quantitative estimate of drug-likeness (QED) is 0.897. The topological polar surface area (TPSA) is 43.8 Å². The Kier molecular flexibility index (Phi) is 4.37. The summed E-state index contributed by atoms with van der Waals surface area (Å²) in [4.78, 5) is 4.80. The Balaban J connectivity index is 2.27. The number of nitrogens with zero attached hydrogens (tertiary/aromatic N) is 2. The molecule has 2 N–H and O–H groups in total. The standard InChI is InChI=1S/C13H23N3S/c1-3-7-16-11(4-2)15-12(13(16)14)10-6-5-8-17-9-10/h10H,3-9,14H2,1-2H3. The smallest absolute Gasteiger partial charge is 0.127 e. The van der Waals surface area contributed by atoms with Crippen LogP contribution >= 0.6 is 11.8 Å². The van der Waals surface area contributed by atoms with Crippen molar-refractivity contribution in [2.75, 3.05) is 17.2 Å². The molecule has 1 fully saturated rings. The molecule has 96 valence electrons. The highest BCUT2D eigenvalue weighted by molar-refractivity contribution is 7.99. The van der Waals surface area contributed by atoms with E-state index in [0.717, 1.165) is 31.0 Å². The van der Waals surface area contributed by atoms with Crippen LogP contribution in [0.3, 0.4) is 0 Å². The van der Waals surface area contributed by atoms with Crippen molar-refractivity contribution in [3.63, 3.8) is 0 Å². The number of nitrogens with two attached hydrogens (primary N) is 1. The first-order chi connectivity index (χ1) is 8.27. The third-order valence-corrected chi connectivity index (χ3v) is 4.64. The number of anilines is 1. The van der Waals surface area contributed by atoms with Gasteiger partial charge in [0.15, 0.2) is 0 Å². The van der Waals surface area contributed by atoms with Gasteiger partial charge in [0, 0.05) is 24.6 Å². The number of hydrogen-bond acceptors (Lipinski definition) is 3. The van der Waals surface area contributed by atoms with E-state index in [9.17, 15) is 0 Å². The van der Waals surface area contributed by atoms with Gasteiger partial charge in [-0.2, -0.15) is 11.8 Å². The molecular formula is C13H23N3S. The van der Waals surface area contributed by atoms with Crippen molar-refractivity contribution in [2.24, 2.45) is 0 Å². The lowest BCUT2D eigenvalue weighted by atomic mass is 10.0. The third kappa shape index (κ3) is 2.62. The van der Waals surface area contributed by atoms with Crippen LogP contribution in [0.15, 0.2) is 0 Å². The Morgan fingerprint density at radius 2 is 2.29 bits per heavy atom. The molecule has 1 unspecified atom stereocenters. The van der Waals surface area contributed by atoms with E-state index in [1.807, 2.05) is 11.8 Å². The average molecular weight is 253 g/mol. The molecule has 0 amide bonds. The summed E-state index contributed by atoms with van der Waals surface area (Å²) in [6, 6.07) is 0. The lowest BCUT2D eigenvalue weighted by Gasteiger charge is -2.20. The molecular weight excluding hydrogens is 230 g/mol. The van der Waals surface area contributed by atoms with Crippen molar-refractivity contribution < 1.29 is 0 Å². The number of imidazole rings is 1. The van der Waals surface area contributed by atoms with Crippen molar-refractivity contribution in [3.05, 3.63) is 11.5 Å². The minimum absolute atomic E-state index is 0.581. The van der Waals surface area contributed by atoms with Gasteiger partial charge < -0.3 is 10.3 Å². The Morgan fingerprint density at radius 3 is 2.88 bits per heavy atom. The van der Waals surface area contributed by atoms with E-state index in [0.29, 0.717) is 5.92 Å². The summed E-state index contributed by atoms with van der Waals surface area (Å²) in [5, 5.41) is 0. The van der Waals surface area contributed by atoms with Gasteiger partial charge in [-0.3, -0.25) is 0 Å². The molecule has 1 aliphatic rings. The fourth-order valence-corrected chi connectivity index (χ4v) is 3.68. The zero-order valence-electron chi connectivity index (χ0n) is 10.9. The molecule has 1 aromatic heterocycles. The van der Waals surface area contributed by atoms with Gasteiger partial charge in [0.1, 0.15) is 11.6 Å². The molecule has 2 rings (SSSR count). The minimum Gasteiger partial charge on any atom is -0.384 e. The largest absolute Gasteiger partial charge is 0.384 e. The maximum Gasteiger partial charge on any atom is 0.127 e. The summed E-state index contributed by atoms with van der Waals surface area (Å²) in [5.74, 6) is 5.16. The molecule has 0 saturated carbocycles. The highest BCUT2D eigenvalue weighted by Gasteiger charge is 2.23. The predicted octanol–water partition coefficient (Wildman–Crippen LogP) is 3.05. The number of nitrogen functional groups attached to an aromatic ring is 1. The van der Waals surface area contributed by atoms with E-state index >= 15 is 0 Å². The normalized spacial score (nSPS) is 20.7. The second-order valence-electron chi connectivity index (χ2n) is 4.72. The average Bonchev–Trinajstić information content (AvgIpc) is 2.69. The zero-order chi connectivity index (χ0) is 12.3. The van der Waals surface area contributed by atoms with Crippen molar-refractivity contribution in [1.82, 2.24) is 9.55 Å². The monoisotopic (exact) mass is 253 g/mol. The second kappa shape index (κ2) is 5.80. The first-order valence-corrected chi connectivity index (χ1v) is 7.85. The van der Waals surface area contributed by atoms with Crippen molar-refractivity contribution in [1.29, 1.82) is 0 Å². The summed E-state index contributed by atoms with van der Waals surface area (Å²) < 4.78 is 2.22. The summed E-state index contributed by atoms with van der Waals surface area (Å²) in [7, 11) is 0. The van der Waals surface area contributed by atoms with Crippen LogP contribution in [0.5, 0.6) is 0 Å². The molecule has 0 aromatic carbocycles. The van der Waals surface area contributed by atoms with Crippen LogP contribution in [0, 0.1) is 0 Å². The first-order valence-electron chi connectivity index (χ1n) is 6.70. The van der Waals surface area contributed by atoms with Crippen LogP contribution in [0.2, 0.25) is 0 Å². The van der Waals surface area contributed by atoms with Crippen molar-refractivity contribution in [2.45, 2.75) is 52.0 Å². The summed E-state index contributed by atoms with van der Waals surface area (Å²) in [5.41, 5.74) is 7.46. The van der Waals surface area contributed by atoms with Crippen LogP contribution < -0.4 is 5.73 Å². The molecule has 4 heteroatoms. The maximum atomic E-state index is 6.29. The lowest BCUT2D eigenvalue weighted by molar-refractivity contribution is 0.645. The highest BCUT2D eigenvalue weighted by Crippen LogP contribution is 2.34. The highest BCUT2D eigenvalue weighted by atomic mass is 32.2. The predicted molar refractivity (Wildman–Crippen MR) is 75.6 cm³/mol. The molecule has 0 spiro atoms. The molecule has 3 nitrogen and oxygen atoms in total. The molecule has 1 aromatic rings. The van der Waals surface area contributed by atoms with E-state index in [4.69, 9.17) is 10.7 Å². The van der Waals surface area contributed by atoms with Gasteiger partial charge in [-0.25, -0.2) is 4.98 Å². The van der Waals surface area contributed by atoms with Gasteiger partial charge in [0.2, 0.25) is 0 Å². The molecule has 17 heavy (non-hydrogen) atoms. The molecule has 1 saturated heterocycles. The molecule has 1 aliphatic heterocycles. The Labute approximate surface area is 108 Å². The summed E-state index contributed by atoms with van der Waals surface area (Å²) in [6.45, 7) is 5.35. The third-order valence-electron chi connectivity index (χ3n) is 3.42. The number of aryl methyl sites for hydroxylation is 1. The van der Waals surface area contributed by atoms with E-state index in [1.165, 1.54) is 30.0 Å². The van der Waals surface area contributed by atoms with Gasteiger partial charge in [-0.1, -0.05) is 13.8 Å². The van der Waals surface area contributed by atoms with Crippen LogP contribution in [0.1, 0.15) is 50.5 Å². The SMILES string of the molecule is CCCn1c(CC)nc(C2CCCSC2)c1N. The van der Waals surface area contributed by atoms with Gasteiger partial charge in [0.05, 0.1) is 5.69 Å². The number of hydrogen-bond donors (Lipinski definition) is 1. The Hall–Kier alpha value is -0.640. The van der Waals surface area contributed by atoms with Crippen LogP contribution in [-0.4, -0.2) is 21.1 Å². The first kappa shape index (κ1) is 12.8. The minimum atomic E-state index is 0.581. The molecule has 2 heterocycles. The van der Waals surface area contributed by atoms with Crippen molar-refractivity contribution in [3.8, 4) is 0 Å². The van der Waals surface area contributed by atoms with E-state index in [1.54, 1.807) is 0 Å². The molecule has 1 atom stereocenters. The van der Waals surface area contributed by atoms with E-state index in [-0.39, 0.29) is 0 Å². The summed E-state index contributed by atoms with van der Waals surface area (Å²) in [6.07, 6.45) is 4.65.